The molecule has 10 heteroatoms. The zero-order chi connectivity index (χ0) is 27.1. The average molecular weight is 525 g/mol. The summed E-state index contributed by atoms with van der Waals surface area (Å²) in [5.41, 5.74) is 2.51. The number of aromatic nitrogens is 2. The Morgan fingerprint density at radius 1 is 1.19 bits per heavy atom. The number of ether oxygens (including phenoxy) is 1. The first-order chi connectivity index (χ1) is 17.4. The summed E-state index contributed by atoms with van der Waals surface area (Å²) in [6.45, 7) is 10.9. The van der Waals surface area contributed by atoms with E-state index >= 15 is 0 Å². The normalized spacial score (nSPS) is 17.0. The van der Waals surface area contributed by atoms with Gasteiger partial charge in [-0.2, -0.15) is 0 Å². The molecule has 37 heavy (non-hydrogen) atoms. The summed E-state index contributed by atoms with van der Waals surface area (Å²) >= 11 is 0. The van der Waals surface area contributed by atoms with Crippen molar-refractivity contribution in [2.24, 2.45) is 5.92 Å². The van der Waals surface area contributed by atoms with Crippen molar-refractivity contribution in [3.8, 4) is 17.0 Å². The molecule has 3 heterocycles. The minimum absolute atomic E-state index is 0.116. The lowest BCUT2D eigenvalue weighted by molar-refractivity contribution is 0.0981. The average Bonchev–Trinajstić information content (AvgIpc) is 3.10. The van der Waals surface area contributed by atoms with Crippen LogP contribution in [-0.4, -0.2) is 43.5 Å². The lowest BCUT2D eigenvalue weighted by Crippen LogP contribution is -2.44. The van der Waals surface area contributed by atoms with E-state index in [4.69, 9.17) is 9.72 Å². The molecular formula is C27H32N4O5S. The van der Waals surface area contributed by atoms with E-state index < -0.39 is 26.4 Å². The number of benzene rings is 1. The fourth-order valence-electron chi connectivity index (χ4n) is 4.88. The van der Waals surface area contributed by atoms with Gasteiger partial charge in [-0.25, -0.2) is 18.1 Å². The van der Waals surface area contributed by atoms with Crippen LogP contribution < -0.4 is 19.9 Å². The highest BCUT2D eigenvalue weighted by Gasteiger charge is 2.41. The van der Waals surface area contributed by atoms with Gasteiger partial charge in [0.1, 0.15) is 11.6 Å². The van der Waals surface area contributed by atoms with Gasteiger partial charge in [0.2, 0.25) is 0 Å². The molecular weight excluding hydrogens is 492 g/mol. The predicted molar refractivity (Wildman–Crippen MR) is 143 cm³/mol. The summed E-state index contributed by atoms with van der Waals surface area (Å²) in [7, 11) is -2.79. The minimum Gasteiger partial charge on any atom is -0.497 e. The van der Waals surface area contributed by atoms with Crippen molar-refractivity contribution in [1.29, 1.82) is 0 Å². The number of carbonyl (C=O) groups excluding carboxylic acids is 1. The highest BCUT2D eigenvalue weighted by atomic mass is 32.2. The summed E-state index contributed by atoms with van der Waals surface area (Å²) in [6.07, 6.45) is 2.22. The van der Waals surface area contributed by atoms with Crippen LogP contribution in [0.25, 0.3) is 11.3 Å². The van der Waals surface area contributed by atoms with E-state index in [0.29, 0.717) is 24.0 Å². The maximum Gasteiger partial charge on any atom is 0.269 e. The Kier molecular flexibility index (Phi) is 6.89. The molecule has 196 valence electrons. The number of sulfonamides is 1. The van der Waals surface area contributed by atoms with E-state index in [0.717, 1.165) is 34.9 Å². The molecule has 0 aliphatic carbocycles. The number of amides is 1. The van der Waals surface area contributed by atoms with Gasteiger partial charge in [0, 0.05) is 23.8 Å². The van der Waals surface area contributed by atoms with Gasteiger partial charge in [0.25, 0.3) is 21.5 Å². The largest absolute Gasteiger partial charge is 0.497 e. The van der Waals surface area contributed by atoms with Crippen molar-refractivity contribution in [2.45, 2.75) is 51.5 Å². The second-order valence-corrected chi connectivity index (χ2v) is 11.6. The van der Waals surface area contributed by atoms with Crippen LogP contribution in [0.3, 0.4) is 0 Å². The van der Waals surface area contributed by atoms with Gasteiger partial charge in [0.15, 0.2) is 4.90 Å². The third kappa shape index (κ3) is 4.85. The van der Waals surface area contributed by atoms with Crippen LogP contribution in [0.5, 0.6) is 5.75 Å². The number of nitrogens with zero attached hydrogens (tertiary/aromatic N) is 2. The van der Waals surface area contributed by atoms with Crippen LogP contribution >= 0.6 is 0 Å². The number of aromatic amines is 1. The number of anilines is 1. The van der Waals surface area contributed by atoms with Crippen LogP contribution in [0.15, 0.2) is 52.3 Å². The second kappa shape index (κ2) is 9.66. The summed E-state index contributed by atoms with van der Waals surface area (Å²) in [5, 5.41) is 0. The van der Waals surface area contributed by atoms with Crippen LogP contribution in [0.4, 0.5) is 5.82 Å². The van der Waals surface area contributed by atoms with Crippen LogP contribution in [-0.2, 0) is 10.0 Å². The number of rotatable bonds is 6. The molecule has 1 aliphatic heterocycles. The number of nitrogens with one attached hydrogen (secondary N) is 2. The Hall–Kier alpha value is -3.66. The van der Waals surface area contributed by atoms with E-state index in [1.165, 1.54) is 12.3 Å². The van der Waals surface area contributed by atoms with Gasteiger partial charge in [0.05, 0.1) is 18.4 Å². The highest BCUT2D eigenvalue weighted by Crippen LogP contribution is 2.40. The highest BCUT2D eigenvalue weighted by molar-refractivity contribution is 7.90. The van der Waals surface area contributed by atoms with Gasteiger partial charge in [-0.3, -0.25) is 9.59 Å². The molecule has 2 aromatic heterocycles. The molecule has 1 fully saturated rings. The molecule has 1 atom stereocenters. The first-order valence-electron chi connectivity index (χ1n) is 12.1. The third-order valence-electron chi connectivity index (χ3n) is 7.36. The van der Waals surface area contributed by atoms with Crippen LogP contribution in [0.1, 0.15) is 48.7 Å². The Labute approximate surface area is 217 Å². The molecule has 1 amide bonds. The Morgan fingerprint density at radius 2 is 1.86 bits per heavy atom. The van der Waals surface area contributed by atoms with Crippen molar-refractivity contribution >= 4 is 21.7 Å². The van der Waals surface area contributed by atoms with Crippen molar-refractivity contribution < 1.29 is 17.9 Å². The van der Waals surface area contributed by atoms with E-state index in [-0.39, 0.29) is 11.1 Å². The number of hydrogen-bond donors (Lipinski definition) is 2. The molecule has 1 aromatic carbocycles. The molecule has 0 bridgehead atoms. The predicted octanol–water partition coefficient (Wildman–Crippen LogP) is 3.81. The molecule has 1 aliphatic rings. The first-order valence-corrected chi connectivity index (χ1v) is 13.5. The summed E-state index contributed by atoms with van der Waals surface area (Å²) < 4.78 is 33.2. The van der Waals surface area contributed by atoms with Crippen LogP contribution in [0.2, 0.25) is 0 Å². The third-order valence-corrected chi connectivity index (χ3v) is 8.71. The van der Waals surface area contributed by atoms with Crippen LogP contribution in [0, 0.1) is 19.8 Å². The van der Waals surface area contributed by atoms with Gasteiger partial charge >= 0.3 is 0 Å². The molecule has 0 spiro atoms. The quantitative estimate of drug-likeness (QED) is 0.503. The standard InChI is InChI=1S/C27H32N4O5S/c1-16-14-19(36-6)15-17(2)23(16)21-10-9-20(24(29-21)31-13-11-18(3)27(31,4)5)25(32)30-37(34,35)22-8-7-12-28-26(22)33/h7-10,12,14-15,18H,11,13H2,1-6H3,(H,28,33)(H,30,32). The number of methoxy groups -OCH3 is 1. The fraction of sp³-hybridized carbons (Fsp3) is 0.370. The number of pyridine rings is 2. The maximum absolute atomic E-state index is 13.4. The summed E-state index contributed by atoms with van der Waals surface area (Å²) in [5.74, 6) is 0.613. The van der Waals surface area contributed by atoms with Gasteiger partial charge in [-0.15, -0.1) is 0 Å². The monoisotopic (exact) mass is 524 g/mol. The topological polar surface area (TPSA) is 121 Å². The molecule has 0 radical (unpaired) electrons. The van der Waals surface area contributed by atoms with Gasteiger partial charge in [-0.1, -0.05) is 6.92 Å². The van der Waals surface area contributed by atoms with Crippen molar-refractivity contribution in [1.82, 2.24) is 14.7 Å². The number of hydrogen-bond acceptors (Lipinski definition) is 7. The minimum atomic E-state index is -4.41. The molecule has 2 N–H and O–H groups in total. The number of aryl methyl sites for hydroxylation is 2. The summed E-state index contributed by atoms with van der Waals surface area (Å²) in [6, 6.07) is 9.70. The van der Waals surface area contributed by atoms with E-state index in [9.17, 15) is 18.0 Å². The molecule has 0 saturated carbocycles. The van der Waals surface area contributed by atoms with Crippen molar-refractivity contribution in [3.63, 3.8) is 0 Å². The second-order valence-electron chi connectivity index (χ2n) is 10.00. The molecule has 9 nitrogen and oxygen atoms in total. The zero-order valence-corrected chi connectivity index (χ0v) is 22.7. The first kappa shape index (κ1) is 26.4. The Balaban J connectivity index is 1.84. The molecule has 3 aromatic rings. The molecule has 1 saturated heterocycles. The van der Waals surface area contributed by atoms with Crippen molar-refractivity contribution in [2.75, 3.05) is 18.6 Å². The lowest BCUT2D eigenvalue weighted by atomic mass is 9.90. The Bertz CT molecular complexity index is 1500. The van der Waals surface area contributed by atoms with Gasteiger partial charge < -0.3 is 14.6 Å². The number of H-pyrrole nitrogens is 1. The van der Waals surface area contributed by atoms with E-state index in [1.54, 1.807) is 19.2 Å². The van der Waals surface area contributed by atoms with Gasteiger partial charge in [-0.05, 0) is 87.6 Å². The Morgan fingerprint density at radius 3 is 2.43 bits per heavy atom. The van der Waals surface area contributed by atoms with Crippen molar-refractivity contribution in [3.05, 3.63) is 69.6 Å². The number of carbonyl (C=O) groups is 1. The summed E-state index contributed by atoms with van der Waals surface area (Å²) in [4.78, 5) is 34.3. The molecule has 4 rings (SSSR count). The SMILES string of the molecule is COc1cc(C)c(-c2ccc(C(=O)NS(=O)(=O)c3ccc[nH]c3=O)c(N3CCC(C)C3(C)C)n2)c(C)c1. The smallest absolute Gasteiger partial charge is 0.269 e. The van der Waals surface area contributed by atoms with E-state index in [1.807, 2.05) is 26.0 Å². The zero-order valence-electron chi connectivity index (χ0n) is 21.9. The fourth-order valence-corrected chi connectivity index (χ4v) is 5.90. The maximum atomic E-state index is 13.4. The van der Waals surface area contributed by atoms with E-state index in [2.05, 4.69) is 35.4 Å². The lowest BCUT2D eigenvalue weighted by Gasteiger charge is -2.36. The molecule has 1 unspecified atom stereocenters.